The highest BCUT2D eigenvalue weighted by Gasteiger charge is 2.19. The van der Waals surface area contributed by atoms with E-state index in [-0.39, 0.29) is 10.6 Å². The predicted molar refractivity (Wildman–Crippen MR) is 62.3 cm³/mol. The number of nitrogens with zero attached hydrogens (tertiary/aromatic N) is 2. The molecule has 86 valence electrons. The Kier molecular flexibility index (Phi) is 3.19. The van der Waals surface area contributed by atoms with Crippen LogP contribution >= 0.6 is 0 Å². The van der Waals surface area contributed by atoms with Crippen molar-refractivity contribution in [2.75, 3.05) is 13.1 Å². The Hall–Kier alpha value is -1.42. The van der Waals surface area contributed by atoms with Crippen LogP contribution in [0.25, 0.3) is 0 Å². The van der Waals surface area contributed by atoms with Crippen molar-refractivity contribution in [3.8, 4) is 0 Å². The Bertz CT molecular complexity index is 369. The van der Waals surface area contributed by atoms with Gasteiger partial charge < -0.3 is 0 Å². The van der Waals surface area contributed by atoms with Gasteiger partial charge in [0.05, 0.1) is 4.92 Å². The molecule has 0 radical (unpaired) electrons. The molecule has 0 aliphatic carbocycles. The first kappa shape index (κ1) is 11.1. The lowest BCUT2D eigenvalue weighted by molar-refractivity contribution is -0.384. The zero-order valence-electron chi connectivity index (χ0n) is 9.43. The van der Waals surface area contributed by atoms with Crippen LogP contribution in [-0.2, 0) is 0 Å². The van der Waals surface area contributed by atoms with Gasteiger partial charge in [-0.15, -0.1) is 0 Å². The van der Waals surface area contributed by atoms with Gasteiger partial charge in [-0.2, -0.15) is 0 Å². The van der Waals surface area contributed by atoms with Crippen LogP contribution in [0.4, 0.5) is 5.69 Å². The third kappa shape index (κ3) is 2.22. The Labute approximate surface area is 95.0 Å². The number of hydrogen-bond acceptors (Lipinski definition) is 3. The minimum absolute atomic E-state index is 0.164. The van der Waals surface area contributed by atoms with E-state index in [1.54, 1.807) is 12.1 Å². The third-order valence-corrected chi connectivity index (χ3v) is 3.27. The molecule has 0 saturated carbocycles. The number of hydrogen-bond donors (Lipinski definition) is 0. The van der Waals surface area contributed by atoms with Gasteiger partial charge in [-0.1, -0.05) is 12.1 Å². The lowest BCUT2D eigenvalue weighted by atomic mass is 10.1. The molecular formula is C12H16N2O2. The fourth-order valence-electron chi connectivity index (χ4n) is 2.21. The molecule has 0 spiro atoms. The fraction of sp³-hybridized carbons (Fsp3) is 0.500. The van der Waals surface area contributed by atoms with Crippen LogP contribution in [0.15, 0.2) is 24.3 Å². The maximum atomic E-state index is 10.5. The van der Waals surface area contributed by atoms with Crippen LogP contribution in [0.3, 0.4) is 0 Å². The van der Waals surface area contributed by atoms with Gasteiger partial charge in [0.1, 0.15) is 0 Å². The Balaban J connectivity index is 2.11. The van der Waals surface area contributed by atoms with E-state index in [1.165, 1.54) is 12.8 Å². The molecule has 2 rings (SSSR count). The van der Waals surface area contributed by atoms with Crippen LogP contribution in [0, 0.1) is 10.1 Å². The molecule has 1 aliphatic heterocycles. The summed E-state index contributed by atoms with van der Waals surface area (Å²) in [5, 5.41) is 10.5. The van der Waals surface area contributed by atoms with Crippen LogP contribution in [0.5, 0.6) is 0 Å². The van der Waals surface area contributed by atoms with Crippen molar-refractivity contribution in [1.82, 2.24) is 4.90 Å². The molecule has 1 aromatic carbocycles. The minimum atomic E-state index is -0.357. The summed E-state index contributed by atoms with van der Waals surface area (Å²) in [7, 11) is 0. The number of benzene rings is 1. The van der Waals surface area contributed by atoms with Crippen LogP contribution in [-0.4, -0.2) is 22.9 Å². The number of nitro benzene ring substituents is 1. The van der Waals surface area contributed by atoms with E-state index in [1.807, 2.05) is 12.1 Å². The fourth-order valence-corrected chi connectivity index (χ4v) is 2.21. The monoisotopic (exact) mass is 220 g/mol. The molecule has 0 amide bonds. The molecule has 16 heavy (non-hydrogen) atoms. The highest BCUT2D eigenvalue weighted by molar-refractivity contribution is 5.34. The average molecular weight is 220 g/mol. The van der Waals surface area contributed by atoms with Gasteiger partial charge in [0.25, 0.3) is 5.69 Å². The summed E-state index contributed by atoms with van der Waals surface area (Å²) in [6.07, 6.45) is 2.52. The van der Waals surface area contributed by atoms with E-state index in [2.05, 4.69) is 11.8 Å². The van der Waals surface area contributed by atoms with Gasteiger partial charge in [0.2, 0.25) is 0 Å². The second-order valence-electron chi connectivity index (χ2n) is 4.27. The summed E-state index contributed by atoms with van der Waals surface area (Å²) in [6.45, 7) is 4.43. The van der Waals surface area contributed by atoms with Crippen molar-refractivity contribution in [3.63, 3.8) is 0 Å². The zero-order chi connectivity index (χ0) is 11.5. The predicted octanol–water partition coefficient (Wildman–Crippen LogP) is 2.75. The normalized spacial score (nSPS) is 18.6. The molecule has 1 aliphatic rings. The molecule has 1 atom stereocenters. The molecule has 1 fully saturated rings. The highest BCUT2D eigenvalue weighted by Crippen LogP contribution is 2.25. The smallest absolute Gasteiger partial charge is 0.269 e. The zero-order valence-corrected chi connectivity index (χ0v) is 9.43. The molecule has 1 aromatic rings. The number of non-ortho nitro benzene ring substituents is 1. The molecule has 0 bridgehead atoms. The summed E-state index contributed by atoms with van der Waals surface area (Å²) in [4.78, 5) is 12.6. The summed E-state index contributed by atoms with van der Waals surface area (Å²) >= 11 is 0. The molecule has 1 saturated heterocycles. The first-order valence-electron chi connectivity index (χ1n) is 5.67. The van der Waals surface area contributed by atoms with Crippen LogP contribution in [0.1, 0.15) is 31.4 Å². The van der Waals surface area contributed by atoms with Crippen molar-refractivity contribution in [1.29, 1.82) is 0 Å². The molecule has 0 N–H and O–H groups in total. The molecule has 4 nitrogen and oxygen atoms in total. The van der Waals surface area contributed by atoms with Gasteiger partial charge in [-0.25, -0.2) is 0 Å². The molecule has 4 heteroatoms. The van der Waals surface area contributed by atoms with Gasteiger partial charge in [0.15, 0.2) is 0 Å². The van der Waals surface area contributed by atoms with Gasteiger partial charge in [-0.3, -0.25) is 15.0 Å². The van der Waals surface area contributed by atoms with Crippen molar-refractivity contribution in [2.24, 2.45) is 0 Å². The largest absolute Gasteiger partial charge is 0.297 e. The van der Waals surface area contributed by atoms with E-state index < -0.39 is 0 Å². The Morgan fingerprint density at radius 3 is 2.31 bits per heavy atom. The summed E-state index contributed by atoms with van der Waals surface area (Å²) in [5.41, 5.74) is 1.32. The summed E-state index contributed by atoms with van der Waals surface area (Å²) < 4.78 is 0. The molecule has 1 heterocycles. The summed E-state index contributed by atoms with van der Waals surface area (Å²) in [5.74, 6) is 0. The van der Waals surface area contributed by atoms with Gasteiger partial charge >= 0.3 is 0 Å². The number of likely N-dealkylation sites (tertiary alicyclic amines) is 1. The lowest BCUT2D eigenvalue weighted by Crippen LogP contribution is -2.23. The van der Waals surface area contributed by atoms with Crippen LogP contribution < -0.4 is 0 Å². The lowest BCUT2D eigenvalue weighted by Gasteiger charge is -2.23. The van der Waals surface area contributed by atoms with Crippen LogP contribution in [0.2, 0.25) is 0 Å². The quantitative estimate of drug-likeness (QED) is 0.581. The molecular weight excluding hydrogens is 204 g/mol. The van der Waals surface area contributed by atoms with E-state index in [0.29, 0.717) is 6.04 Å². The first-order valence-corrected chi connectivity index (χ1v) is 5.67. The van der Waals surface area contributed by atoms with E-state index in [9.17, 15) is 10.1 Å². The van der Waals surface area contributed by atoms with E-state index in [4.69, 9.17) is 0 Å². The molecule has 0 aromatic heterocycles. The first-order chi connectivity index (χ1) is 7.68. The van der Waals surface area contributed by atoms with Crippen molar-refractivity contribution >= 4 is 5.69 Å². The topological polar surface area (TPSA) is 46.4 Å². The standard InChI is InChI=1S/C12H16N2O2/c1-10(13-8-2-3-9-13)11-4-6-12(7-5-11)14(15)16/h4-7,10H,2-3,8-9H2,1H3. The number of rotatable bonds is 3. The van der Waals surface area contributed by atoms with Gasteiger partial charge in [-0.05, 0) is 38.4 Å². The maximum Gasteiger partial charge on any atom is 0.269 e. The third-order valence-electron chi connectivity index (χ3n) is 3.27. The van der Waals surface area contributed by atoms with Crippen molar-refractivity contribution in [3.05, 3.63) is 39.9 Å². The van der Waals surface area contributed by atoms with Crippen molar-refractivity contribution < 1.29 is 4.92 Å². The minimum Gasteiger partial charge on any atom is -0.297 e. The Morgan fingerprint density at radius 2 is 1.81 bits per heavy atom. The number of nitro groups is 1. The van der Waals surface area contributed by atoms with Gasteiger partial charge in [0, 0.05) is 18.2 Å². The summed E-state index contributed by atoms with van der Waals surface area (Å²) in [6, 6.07) is 7.26. The highest BCUT2D eigenvalue weighted by atomic mass is 16.6. The molecule has 1 unspecified atom stereocenters. The van der Waals surface area contributed by atoms with Crippen molar-refractivity contribution in [2.45, 2.75) is 25.8 Å². The maximum absolute atomic E-state index is 10.5. The Morgan fingerprint density at radius 1 is 1.25 bits per heavy atom. The SMILES string of the molecule is CC(c1ccc([N+](=O)[O-])cc1)N1CCCC1. The van der Waals surface area contributed by atoms with E-state index >= 15 is 0 Å². The second kappa shape index (κ2) is 4.61. The second-order valence-corrected chi connectivity index (χ2v) is 4.27. The van der Waals surface area contributed by atoms with E-state index in [0.717, 1.165) is 18.7 Å². The average Bonchev–Trinajstić information content (AvgIpc) is 2.81.